The van der Waals surface area contributed by atoms with Gasteiger partial charge in [-0.15, -0.1) is 0 Å². The van der Waals surface area contributed by atoms with E-state index in [9.17, 15) is 4.89 Å². The molecule has 0 radical (unpaired) electrons. The predicted octanol–water partition coefficient (Wildman–Crippen LogP) is 6.50. The molecule has 0 aliphatic rings. The second-order valence-corrected chi connectivity index (χ2v) is 12.3. The average Bonchev–Trinajstić information content (AvgIpc) is 2.93. The zero-order valence-corrected chi connectivity index (χ0v) is 26.8. The monoisotopic (exact) mass is 588 g/mol. The van der Waals surface area contributed by atoms with Crippen molar-refractivity contribution >= 4 is 8.60 Å². The molecule has 234 valence electrons. The first-order chi connectivity index (χ1) is 19.4. The van der Waals surface area contributed by atoms with Gasteiger partial charge in [-0.05, 0) is 12.0 Å². The Kier molecular flexibility index (Phi) is 24.3. The summed E-state index contributed by atoms with van der Waals surface area (Å²) in [5.74, 6) is 0. The van der Waals surface area contributed by atoms with Gasteiger partial charge in [0.15, 0.2) is 0 Å². The summed E-state index contributed by atoms with van der Waals surface area (Å²) in [6, 6.07) is 9.96. The van der Waals surface area contributed by atoms with Crippen molar-refractivity contribution in [3.8, 4) is 0 Å². The van der Waals surface area contributed by atoms with Gasteiger partial charge in [-0.3, -0.25) is 0 Å². The lowest BCUT2D eigenvalue weighted by atomic mass is 10.1. The molecule has 8 nitrogen and oxygen atoms in total. The SMILES string of the molecule is CCCCCCCCCCCCOCCOCCOCC(COP(O)OCC[N+](C)(C)C)OCc1ccccc1. The molecule has 1 rings (SSSR count). The first kappa shape index (κ1) is 37.4. The molecule has 0 amide bonds. The van der Waals surface area contributed by atoms with Crippen LogP contribution >= 0.6 is 8.60 Å². The molecule has 0 fully saturated rings. The number of ether oxygens (including phenoxy) is 4. The number of quaternary nitrogens is 1. The quantitative estimate of drug-likeness (QED) is 0.0650. The lowest BCUT2D eigenvalue weighted by Crippen LogP contribution is -2.37. The molecule has 2 unspecified atom stereocenters. The molecule has 40 heavy (non-hydrogen) atoms. The number of rotatable bonds is 29. The molecule has 2 atom stereocenters. The maximum Gasteiger partial charge on any atom is 0.330 e. The molecule has 0 saturated heterocycles. The van der Waals surface area contributed by atoms with E-state index >= 15 is 0 Å². The van der Waals surface area contributed by atoms with Crippen molar-refractivity contribution < 1.29 is 37.4 Å². The van der Waals surface area contributed by atoms with Crippen molar-refractivity contribution in [1.29, 1.82) is 0 Å². The maximum atomic E-state index is 10.1. The van der Waals surface area contributed by atoms with Gasteiger partial charge in [-0.1, -0.05) is 95.0 Å². The Labute approximate surface area is 246 Å². The molecule has 0 heterocycles. The first-order valence-electron chi connectivity index (χ1n) is 15.3. The summed E-state index contributed by atoms with van der Waals surface area (Å²) in [6.45, 7) is 7.39. The number of likely N-dealkylation sites (N-methyl/N-ethyl adjacent to an activating group) is 1. The number of benzene rings is 1. The first-order valence-corrected chi connectivity index (χ1v) is 16.5. The minimum Gasteiger partial charge on any atom is -0.379 e. The topological polar surface area (TPSA) is 75.6 Å². The standard InChI is InChI=1S/C31H59NO7P/c1-5-6-7-8-9-10-11-12-13-17-21-34-23-24-35-25-26-36-28-31(37-27-30-18-15-14-16-19-30)29-39-40(33)38-22-20-32(2,3)4/h14-16,18-19,31,33H,5-13,17,20-29H2,1-4H3/q+1. The van der Waals surface area contributed by atoms with Crippen LogP contribution in [-0.2, 0) is 34.6 Å². The Bertz CT molecular complexity index is 663. The second-order valence-electron chi connectivity index (χ2n) is 11.3. The predicted molar refractivity (Wildman–Crippen MR) is 163 cm³/mol. The van der Waals surface area contributed by atoms with Crippen LogP contribution in [0, 0.1) is 0 Å². The zero-order chi connectivity index (χ0) is 29.2. The van der Waals surface area contributed by atoms with Crippen LogP contribution in [0.2, 0.25) is 0 Å². The number of hydrogen-bond donors (Lipinski definition) is 1. The highest BCUT2D eigenvalue weighted by Gasteiger charge is 2.16. The molecular formula is C31H59NO7P+. The van der Waals surface area contributed by atoms with Crippen molar-refractivity contribution in [3.63, 3.8) is 0 Å². The molecule has 0 saturated carbocycles. The second kappa shape index (κ2) is 26.0. The molecule has 0 spiro atoms. The van der Waals surface area contributed by atoms with Gasteiger partial charge in [0.1, 0.15) is 19.3 Å². The van der Waals surface area contributed by atoms with Gasteiger partial charge >= 0.3 is 8.60 Å². The van der Waals surface area contributed by atoms with Crippen LogP contribution in [-0.4, -0.2) is 96.0 Å². The van der Waals surface area contributed by atoms with Crippen molar-refractivity contribution in [2.45, 2.75) is 83.8 Å². The van der Waals surface area contributed by atoms with Crippen molar-refractivity contribution in [2.75, 3.05) is 80.5 Å². The molecule has 9 heteroatoms. The van der Waals surface area contributed by atoms with E-state index < -0.39 is 8.60 Å². The molecular weight excluding hydrogens is 529 g/mol. The summed E-state index contributed by atoms with van der Waals surface area (Å²) >= 11 is 0. The van der Waals surface area contributed by atoms with Gasteiger partial charge in [0.05, 0.1) is 67.4 Å². The van der Waals surface area contributed by atoms with E-state index in [0.717, 1.165) is 29.6 Å². The largest absolute Gasteiger partial charge is 0.379 e. The van der Waals surface area contributed by atoms with Crippen molar-refractivity contribution in [2.24, 2.45) is 0 Å². The van der Waals surface area contributed by atoms with Crippen LogP contribution in [0.25, 0.3) is 0 Å². The van der Waals surface area contributed by atoms with Crippen LogP contribution in [0.4, 0.5) is 0 Å². The Balaban J connectivity index is 2.07. The van der Waals surface area contributed by atoms with Gasteiger partial charge in [-0.25, -0.2) is 0 Å². The molecule has 1 N–H and O–H groups in total. The lowest BCUT2D eigenvalue weighted by Gasteiger charge is -2.24. The highest BCUT2D eigenvalue weighted by molar-refractivity contribution is 7.40. The Morgan fingerprint density at radius 1 is 0.675 bits per heavy atom. The lowest BCUT2D eigenvalue weighted by molar-refractivity contribution is -0.870. The summed E-state index contributed by atoms with van der Waals surface area (Å²) in [5, 5.41) is 0. The molecule has 0 aromatic heterocycles. The summed E-state index contributed by atoms with van der Waals surface area (Å²) in [4.78, 5) is 10.1. The van der Waals surface area contributed by atoms with Gasteiger partial charge in [0.2, 0.25) is 0 Å². The van der Waals surface area contributed by atoms with Gasteiger partial charge in [0, 0.05) is 6.61 Å². The number of unbranched alkanes of at least 4 members (excludes halogenated alkanes) is 9. The number of nitrogens with zero attached hydrogens (tertiary/aromatic N) is 1. The third-order valence-electron chi connectivity index (χ3n) is 6.35. The summed E-state index contributed by atoms with van der Waals surface area (Å²) < 4.78 is 34.8. The van der Waals surface area contributed by atoms with Crippen molar-refractivity contribution in [3.05, 3.63) is 35.9 Å². The average molecular weight is 589 g/mol. The van der Waals surface area contributed by atoms with E-state index in [2.05, 4.69) is 28.1 Å². The Morgan fingerprint density at radius 2 is 1.25 bits per heavy atom. The summed E-state index contributed by atoms with van der Waals surface area (Å²) in [5.41, 5.74) is 1.07. The Morgan fingerprint density at radius 3 is 1.88 bits per heavy atom. The van der Waals surface area contributed by atoms with E-state index in [0.29, 0.717) is 46.2 Å². The third-order valence-corrected chi connectivity index (χ3v) is 7.13. The zero-order valence-electron chi connectivity index (χ0n) is 25.9. The molecule has 1 aromatic carbocycles. The maximum absolute atomic E-state index is 10.1. The minimum absolute atomic E-state index is 0.188. The fourth-order valence-electron chi connectivity index (χ4n) is 3.86. The van der Waals surface area contributed by atoms with E-state index in [-0.39, 0.29) is 12.7 Å². The van der Waals surface area contributed by atoms with E-state index in [1.807, 2.05) is 30.3 Å². The fourth-order valence-corrected chi connectivity index (χ4v) is 4.46. The third kappa shape index (κ3) is 25.1. The molecule has 0 aliphatic carbocycles. The van der Waals surface area contributed by atoms with Gasteiger partial charge in [-0.2, -0.15) is 0 Å². The highest BCUT2D eigenvalue weighted by Crippen LogP contribution is 2.33. The summed E-state index contributed by atoms with van der Waals surface area (Å²) in [7, 11) is 4.27. The van der Waals surface area contributed by atoms with Crippen LogP contribution in [0.1, 0.15) is 76.7 Å². The van der Waals surface area contributed by atoms with Gasteiger partial charge in [0.25, 0.3) is 0 Å². The number of hydrogen-bond acceptors (Lipinski definition) is 7. The molecule has 0 bridgehead atoms. The minimum atomic E-state index is -1.96. The van der Waals surface area contributed by atoms with Crippen LogP contribution in [0.3, 0.4) is 0 Å². The molecule has 0 aliphatic heterocycles. The van der Waals surface area contributed by atoms with E-state index in [1.54, 1.807) is 0 Å². The van der Waals surface area contributed by atoms with Gasteiger partial charge < -0.3 is 37.4 Å². The van der Waals surface area contributed by atoms with Crippen molar-refractivity contribution in [1.82, 2.24) is 0 Å². The highest BCUT2D eigenvalue weighted by atomic mass is 31.2. The van der Waals surface area contributed by atoms with Crippen LogP contribution in [0.5, 0.6) is 0 Å². The fraction of sp³-hybridized carbons (Fsp3) is 0.806. The van der Waals surface area contributed by atoms with E-state index in [4.69, 9.17) is 28.0 Å². The van der Waals surface area contributed by atoms with Crippen LogP contribution < -0.4 is 0 Å². The Hall–Kier alpha value is -0.670. The molecule has 1 aromatic rings. The smallest absolute Gasteiger partial charge is 0.330 e. The normalized spacial score (nSPS) is 13.5. The van der Waals surface area contributed by atoms with Crippen LogP contribution in [0.15, 0.2) is 30.3 Å². The summed E-state index contributed by atoms with van der Waals surface area (Å²) in [6.07, 6.45) is 13.0. The van der Waals surface area contributed by atoms with E-state index in [1.165, 1.54) is 57.8 Å².